The summed E-state index contributed by atoms with van der Waals surface area (Å²) in [7, 11) is 0. The molecule has 3 N–H and O–H groups in total. The van der Waals surface area contributed by atoms with E-state index in [0.717, 1.165) is 43.6 Å². The Labute approximate surface area is 247 Å². The summed E-state index contributed by atoms with van der Waals surface area (Å²) < 4.78 is 41.8. The number of nitrogens with one attached hydrogen (secondary N) is 3. The highest BCUT2D eigenvalue weighted by molar-refractivity contribution is 5.99. The van der Waals surface area contributed by atoms with E-state index in [2.05, 4.69) is 20.9 Å². The van der Waals surface area contributed by atoms with Crippen LogP contribution in [0.4, 0.5) is 24.5 Å². The number of ether oxygens (including phenoxy) is 1. The molecule has 0 bridgehead atoms. The van der Waals surface area contributed by atoms with Gasteiger partial charge in [0.1, 0.15) is 17.8 Å². The molecule has 3 saturated heterocycles. The van der Waals surface area contributed by atoms with Crippen molar-refractivity contribution in [2.24, 2.45) is 11.8 Å². The number of hydrogen-bond donors (Lipinski definition) is 3. The van der Waals surface area contributed by atoms with Gasteiger partial charge in [0.25, 0.3) is 5.91 Å². The molecule has 3 amide bonds. The number of likely N-dealkylation sites (tertiary alicyclic amines) is 1. The van der Waals surface area contributed by atoms with Crippen molar-refractivity contribution < 1.29 is 32.3 Å². The zero-order valence-electron chi connectivity index (χ0n) is 23.6. The molecule has 1 aliphatic carbocycles. The van der Waals surface area contributed by atoms with Gasteiger partial charge in [-0.25, -0.2) is 0 Å². The van der Waals surface area contributed by atoms with E-state index in [1.165, 1.54) is 17.0 Å². The zero-order valence-corrected chi connectivity index (χ0v) is 23.6. The molecule has 3 aliphatic heterocycles. The van der Waals surface area contributed by atoms with Gasteiger partial charge in [-0.3, -0.25) is 25.2 Å². The summed E-state index contributed by atoms with van der Waals surface area (Å²) in [6.45, 7) is 1.66. The molecule has 4 aliphatic rings. The molecule has 0 aromatic heterocycles. The molecule has 1 spiro atoms. The minimum Gasteiger partial charge on any atom is -0.406 e. The first-order valence-corrected chi connectivity index (χ1v) is 14.7. The number of fused-ring (bicyclic) bond motifs is 1. The molecule has 3 unspecified atom stereocenters. The molecule has 2 aromatic carbocycles. The Hall–Kier alpha value is -3.84. The van der Waals surface area contributed by atoms with Crippen LogP contribution < -0.4 is 25.8 Å². The SMILES string of the molecule is O=C(CN1CN(c2ccccc2)C2(CCN(C(=O)C3CCC4NNCC4C3)CC2)C1=O)Nc1cccc(OC(F)(F)F)c1. The van der Waals surface area contributed by atoms with Crippen molar-refractivity contribution in [3.05, 3.63) is 54.6 Å². The Bertz CT molecular complexity index is 1350. The number of amides is 3. The summed E-state index contributed by atoms with van der Waals surface area (Å²) in [4.78, 5) is 45.9. The van der Waals surface area contributed by atoms with Gasteiger partial charge < -0.3 is 24.8 Å². The first-order valence-electron chi connectivity index (χ1n) is 14.7. The number of hydrogen-bond acceptors (Lipinski definition) is 7. The Kier molecular flexibility index (Phi) is 7.94. The second-order valence-corrected chi connectivity index (χ2v) is 11.8. The quantitative estimate of drug-likeness (QED) is 0.468. The predicted octanol–water partition coefficient (Wildman–Crippen LogP) is 3.08. The van der Waals surface area contributed by atoms with Crippen molar-refractivity contribution >= 4 is 29.1 Å². The van der Waals surface area contributed by atoms with Crippen molar-refractivity contribution in [1.29, 1.82) is 0 Å². The van der Waals surface area contributed by atoms with Crippen LogP contribution in [0.5, 0.6) is 5.75 Å². The van der Waals surface area contributed by atoms with Gasteiger partial charge in [-0.15, -0.1) is 13.2 Å². The van der Waals surface area contributed by atoms with Gasteiger partial charge in [-0.2, -0.15) is 0 Å². The van der Waals surface area contributed by atoms with Crippen molar-refractivity contribution in [3.8, 4) is 5.75 Å². The summed E-state index contributed by atoms with van der Waals surface area (Å²) in [5.41, 5.74) is 6.56. The van der Waals surface area contributed by atoms with Gasteiger partial charge in [-0.05, 0) is 62.3 Å². The molecule has 43 heavy (non-hydrogen) atoms. The Morgan fingerprint density at radius 1 is 1.05 bits per heavy atom. The minimum atomic E-state index is -4.86. The molecule has 6 rings (SSSR count). The number of halogens is 3. The Morgan fingerprint density at radius 2 is 1.81 bits per heavy atom. The minimum absolute atomic E-state index is 0.0123. The highest BCUT2D eigenvalue weighted by Gasteiger charge is 2.54. The first-order chi connectivity index (χ1) is 20.6. The number of piperidine rings is 1. The number of anilines is 2. The van der Waals surface area contributed by atoms with Crippen LogP contribution in [0.15, 0.2) is 54.6 Å². The third-order valence-corrected chi connectivity index (χ3v) is 9.15. The zero-order chi connectivity index (χ0) is 30.2. The second-order valence-electron chi connectivity index (χ2n) is 11.8. The number of para-hydroxylation sites is 1. The topological polar surface area (TPSA) is 106 Å². The lowest BCUT2D eigenvalue weighted by Crippen LogP contribution is -2.58. The highest BCUT2D eigenvalue weighted by atomic mass is 19.4. The molecule has 1 saturated carbocycles. The van der Waals surface area contributed by atoms with Crippen LogP contribution in [-0.4, -0.2) is 78.3 Å². The lowest BCUT2D eigenvalue weighted by molar-refractivity contribution is -0.274. The molecule has 230 valence electrons. The Balaban J connectivity index is 1.13. The van der Waals surface area contributed by atoms with E-state index in [-0.39, 0.29) is 36.6 Å². The first kappa shape index (κ1) is 29.2. The van der Waals surface area contributed by atoms with Gasteiger partial charge in [0.05, 0.1) is 6.67 Å². The van der Waals surface area contributed by atoms with E-state index in [4.69, 9.17) is 0 Å². The fourth-order valence-electron chi connectivity index (χ4n) is 7.05. The second kappa shape index (κ2) is 11.7. The van der Waals surface area contributed by atoms with E-state index >= 15 is 0 Å². The van der Waals surface area contributed by atoms with Gasteiger partial charge in [0.2, 0.25) is 11.8 Å². The molecule has 0 radical (unpaired) electrons. The lowest BCUT2D eigenvalue weighted by Gasteiger charge is -2.44. The smallest absolute Gasteiger partial charge is 0.406 e. The molecule has 3 heterocycles. The number of carbonyl (C=O) groups is 3. The summed E-state index contributed by atoms with van der Waals surface area (Å²) in [6, 6.07) is 14.9. The maximum Gasteiger partial charge on any atom is 0.573 e. The van der Waals surface area contributed by atoms with Crippen molar-refractivity contribution in [2.75, 3.05) is 43.1 Å². The van der Waals surface area contributed by atoms with Crippen LogP contribution in [0.3, 0.4) is 0 Å². The Morgan fingerprint density at radius 3 is 2.56 bits per heavy atom. The normalized spacial score (nSPS) is 25.1. The van der Waals surface area contributed by atoms with E-state index in [1.54, 1.807) is 0 Å². The van der Waals surface area contributed by atoms with Gasteiger partial charge in [0, 0.05) is 49.0 Å². The van der Waals surface area contributed by atoms with E-state index in [1.807, 2.05) is 40.1 Å². The van der Waals surface area contributed by atoms with Crippen LogP contribution in [0, 0.1) is 11.8 Å². The van der Waals surface area contributed by atoms with Crippen LogP contribution in [0.25, 0.3) is 0 Å². The van der Waals surface area contributed by atoms with Gasteiger partial charge >= 0.3 is 6.36 Å². The van der Waals surface area contributed by atoms with Crippen molar-refractivity contribution in [2.45, 2.75) is 50.0 Å². The standard InChI is InChI=1S/C30H35F3N6O4/c31-30(32,33)43-24-8-4-5-22(16-24)35-26(40)18-38-19-39(23-6-2-1-3-7-23)29(28(38)42)11-13-37(14-12-29)27(41)20-9-10-25-21(15-20)17-34-36-25/h1-8,16,20-21,25,34,36H,9-15,17-19H2,(H,35,40). The molecule has 4 fully saturated rings. The number of hydrazine groups is 1. The molecule has 2 aromatic rings. The average Bonchev–Trinajstić information content (AvgIpc) is 3.55. The summed E-state index contributed by atoms with van der Waals surface area (Å²) in [5.74, 6) is -0.601. The van der Waals surface area contributed by atoms with Crippen molar-refractivity contribution in [1.82, 2.24) is 20.7 Å². The van der Waals surface area contributed by atoms with E-state index < -0.39 is 23.6 Å². The monoisotopic (exact) mass is 600 g/mol. The molecule has 10 nitrogen and oxygen atoms in total. The van der Waals surface area contributed by atoms with Gasteiger partial charge in [0.15, 0.2) is 0 Å². The number of alkyl halides is 3. The third-order valence-electron chi connectivity index (χ3n) is 9.15. The molecular weight excluding hydrogens is 565 g/mol. The molecular formula is C30H35F3N6O4. The van der Waals surface area contributed by atoms with Crippen LogP contribution in [-0.2, 0) is 14.4 Å². The predicted molar refractivity (Wildman–Crippen MR) is 152 cm³/mol. The third kappa shape index (κ3) is 6.14. The van der Waals surface area contributed by atoms with Gasteiger partial charge in [-0.1, -0.05) is 24.3 Å². The highest BCUT2D eigenvalue weighted by Crippen LogP contribution is 2.41. The number of rotatable bonds is 6. The van der Waals surface area contributed by atoms with Crippen molar-refractivity contribution in [3.63, 3.8) is 0 Å². The summed E-state index contributed by atoms with van der Waals surface area (Å²) in [5, 5.41) is 2.58. The number of nitrogens with zero attached hydrogens (tertiary/aromatic N) is 3. The number of carbonyl (C=O) groups excluding carboxylic acids is 3. The van der Waals surface area contributed by atoms with Crippen LogP contribution in [0.1, 0.15) is 32.1 Å². The maximum absolute atomic E-state index is 14.0. The van der Waals surface area contributed by atoms with Crippen LogP contribution in [0.2, 0.25) is 0 Å². The fourth-order valence-corrected chi connectivity index (χ4v) is 7.05. The molecule has 3 atom stereocenters. The fraction of sp³-hybridized carbons (Fsp3) is 0.500. The largest absolute Gasteiger partial charge is 0.573 e. The molecule has 13 heteroatoms. The number of benzene rings is 2. The van der Waals surface area contributed by atoms with E-state index in [0.29, 0.717) is 37.9 Å². The average molecular weight is 601 g/mol. The lowest BCUT2D eigenvalue weighted by atomic mass is 9.77. The maximum atomic E-state index is 14.0. The van der Waals surface area contributed by atoms with Crippen LogP contribution >= 0.6 is 0 Å². The summed E-state index contributed by atoms with van der Waals surface area (Å²) in [6.07, 6.45) is -1.33. The summed E-state index contributed by atoms with van der Waals surface area (Å²) >= 11 is 0. The van der Waals surface area contributed by atoms with E-state index in [9.17, 15) is 27.6 Å².